The second-order valence-corrected chi connectivity index (χ2v) is 7.59. The van der Waals surface area contributed by atoms with Crippen LogP contribution in [0.3, 0.4) is 0 Å². The van der Waals surface area contributed by atoms with Crippen molar-refractivity contribution in [1.82, 2.24) is 15.1 Å². The van der Waals surface area contributed by atoms with E-state index in [0.717, 1.165) is 18.9 Å². The van der Waals surface area contributed by atoms with E-state index in [-0.39, 0.29) is 24.0 Å². The van der Waals surface area contributed by atoms with Gasteiger partial charge in [0.1, 0.15) is 11.4 Å². The van der Waals surface area contributed by atoms with Gasteiger partial charge in [-0.1, -0.05) is 0 Å². The Morgan fingerprint density at radius 3 is 2.48 bits per heavy atom. The molecule has 1 amide bonds. The van der Waals surface area contributed by atoms with E-state index in [2.05, 4.69) is 15.5 Å². The number of amides is 1. The molecule has 1 aliphatic heterocycles. The van der Waals surface area contributed by atoms with Crippen LogP contribution in [0, 0.1) is 5.92 Å². The minimum atomic E-state index is -4.51. The largest absolute Gasteiger partial charge is 0.444 e. The fraction of sp³-hybridized carbons (Fsp3) is 0.688. The van der Waals surface area contributed by atoms with E-state index < -0.39 is 17.5 Å². The molecule has 0 spiro atoms. The molecule has 9 heteroatoms. The third kappa shape index (κ3) is 3.96. The van der Waals surface area contributed by atoms with Gasteiger partial charge in [-0.15, -0.1) is 10.2 Å². The average molecular weight is 358 g/mol. The molecule has 3 unspecified atom stereocenters. The van der Waals surface area contributed by atoms with Crippen molar-refractivity contribution >= 4 is 11.9 Å². The second-order valence-electron chi connectivity index (χ2n) is 7.59. The number of ether oxygens (including phenoxy) is 1. The zero-order chi connectivity index (χ0) is 18.4. The number of fused-ring (bicyclic) bond motifs is 2. The summed E-state index contributed by atoms with van der Waals surface area (Å²) < 4.78 is 43.1. The number of likely N-dealkylation sites (tertiary alicyclic amines) is 1. The maximum absolute atomic E-state index is 12.5. The standard InChI is InChI=1S/C16H21F3N4O2/c1-15(2,3)25-14(24)23-8-9-6-10(11(23)7-9)20-13-5-4-12(21-22-13)16(17,18)19/h4-5,9-11H,6-8H2,1-3H3,(H,20,22). The number of halogens is 3. The monoisotopic (exact) mass is 358 g/mol. The molecular weight excluding hydrogens is 337 g/mol. The van der Waals surface area contributed by atoms with Crippen molar-refractivity contribution < 1.29 is 22.7 Å². The molecule has 0 radical (unpaired) electrons. The molecule has 1 aromatic rings. The Balaban J connectivity index is 1.65. The van der Waals surface area contributed by atoms with Gasteiger partial charge in [-0.2, -0.15) is 13.2 Å². The molecule has 1 saturated heterocycles. The maximum Gasteiger partial charge on any atom is 0.435 e. The summed E-state index contributed by atoms with van der Waals surface area (Å²) in [6.45, 7) is 6.09. The van der Waals surface area contributed by atoms with Gasteiger partial charge in [-0.05, 0) is 51.7 Å². The summed E-state index contributed by atoms with van der Waals surface area (Å²) in [6.07, 6.45) is -3.17. The Kier molecular flexibility index (Phi) is 4.28. The van der Waals surface area contributed by atoms with E-state index in [1.54, 1.807) is 4.90 Å². The first-order valence-corrected chi connectivity index (χ1v) is 8.20. The highest BCUT2D eigenvalue weighted by molar-refractivity contribution is 5.69. The number of alkyl halides is 3. The van der Waals surface area contributed by atoms with Crippen LogP contribution in [0.1, 0.15) is 39.3 Å². The van der Waals surface area contributed by atoms with E-state index in [0.29, 0.717) is 12.5 Å². The quantitative estimate of drug-likeness (QED) is 0.879. The summed E-state index contributed by atoms with van der Waals surface area (Å²) in [7, 11) is 0. The number of nitrogens with zero attached hydrogens (tertiary/aromatic N) is 3. The minimum Gasteiger partial charge on any atom is -0.444 e. The molecule has 2 fully saturated rings. The molecule has 1 aromatic heterocycles. The number of nitrogens with one attached hydrogen (secondary N) is 1. The van der Waals surface area contributed by atoms with Crippen LogP contribution in [0.15, 0.2) is 12.1 Å². The fourth-order valence-electron chi connectivity index (χ4n) is 3.46. The lowest BCUT2D eigenvalue weighted by Crippen LogP contribution is -2.49. The molecule has 25 heavy (non-hydrogen) atoms. The molecule has 1 saturated carbocycles. The Hall–Kier alpha value is -2.06. The van der Waals surface area contributed by atoms with Crippen molar-refractivity contribution in [1.29, 1.82) is 0 Å². The Morgan fingerprint density at radius 1 is 1.24 bits per heavy atom. The van der Waals surface area contributed by atoms with Gasteiger partial charge in [0, 0.05) is 12.6 Å². The van der Waals surface area contributed by atoms with Gasteiger partial charge in [0.2, 0.25) is 0 Å². The van der Waals surface area contributed by atoms with Gasteiger partial charge in [-0.3, -0.25) is 0 Å². The van der Waals surface area contributed by atoms with Crippen LogP contribution in [-0.2, 0) is 10.9 Å². The molecule has 0 aromatic carbocycles. The minimum absolute atomic E-state index is 0.0519. The molecule has 2 bridgehead atoms. The molecule has 1 aliphatic carbocycles. The molecule has 3 rings (SSSR count). The lowest BCUT2D eigenvalue weighted by atomic mass is 10.1. The van der Waals surface area contributed by atoms with Gasteiger partial charge in [0.05, 0.1) is 6.04 Å². The smallest absolute Gasteiger partial charge is 0.435 e. The highest BCUT2D eigenvalue weighted by Crippen LogP contribution is 2.39. The van der Waals surface area contributed by atoms with Crippen molar-refractivity contribution in [2.24, 2.45) is 5.92 Å². The van der Waals surface area contributed by atoms with Crippen molar-refractivity contribution in [3.05, 3.63) is 17.8 Å². The van der Waals surface area contributed by atoms with Crippen molar-refractivity contribution in [3.8, 4) is 0 Å². The number of carbonyl (C=O) groups is 1. The highest BCUT2D eigenvalue weighted by Gasteiger charge is 2.48. The molecule has 138 valence electrons. The van der Waals surface area contributed by atoms with Gasteiger partial charge in [0.15, 0.2) is 5.69 Å². The van der Waals surface area contributed by atoms with E-state index >= 15 is 0 Å². The molecule has 2 heterocycles. The zero-order valence-corrected chi connectivity index (χ0v) is 14.3. The number of hydrogen-bond donors (Lipinski definition) is 1. The van der Waals surface area contributed by atoms with Crippen molar-refractivity contribution in [2.75, 3.05) is 11.9 Å². The number of piperidine rings is 1. The van der Waals surface area contributed by atoms with Crippen molar-refractivity contribution in [2.45, 2.75) is 57.5 Å². The number of rotatable bonds is 2. The topological polar surface area (TPSA) is 67.3 Å². The van der Waals surface area contributed by atoms with Crippen LogP contribution in [0.5, 0.6) is 0 Å². The van der Waals surface area contributed by atoms with Crippen LogP contribution < -0.4 is 5.32 Å². The summed E-state index contributed by atoms with van der Waals surface area (Å²) in [5.74, 6) is 0.632. The van der Waals surface area contributed by atoms with Crippen LogP contribution >= 0.6 is 0 Å². The Morgan fingerprint density at radius 2 is 1.96 bits per heavy atom. The number of carbonyl (C=O) groups excluding carboxylic acids is 1. The average Bonchev–Trinajstić information content (AvgIpc) is 3.05. The predicted octanol–water partition coefficient (Wildman–Crippen LogP) is 3.31. The number of anilines is 1. The Bertz CT molecular complexity index is 642. The van der Waals surface area contributed by atoms with E-state index in [9.17, 15) is 18.0 Å². The lowest BCUT2D eigenvalue weighted by molar-refractivity contribution is -0.141. The number of aromatic nitrogens is 2. The van der Waals surface area contributed by atoms with Crippen LogP contribution in [0.25, 0.3) is 0 Å². The van der Waals surface area contributed by atoms with Gasteiger partial charge in [0.25, 0.3) is 0 Å². The first-order valence-electron chi connectivity index (χ1n) is 8.20. The molecule has 6 nitrogen and oxygen atoms in total. The van der Waals surface area contributed by atoms with E-state index in [4.69, 9.17) is 4.74 Å². The molecule has 2 aliphatic rings. The molecule has 1 N–H and O–H groups in total. The maximum atomic E-state index is 12.5. The third-order valence-electron chi connectivity index (χ3n) is 4.40. The fourth-order valence-corrected chi connectivity index (χ4v) is 3.46. The van der Waals surface area contributed by atoms with E-state index in [1.807, 2.05) is 20.8 Å². The zero-order valence-electron chi connectivity index (χ0n) is 14.3. The van der Waals surface area contributed by atoms with Gasteiger partial charge in [-0.25, -0.2) is 4.79 Å². The van der Waals surface area contributed by atoms with E-state index in [1.165, 1.54) is 6.07 Å². The summed E-state index contributed by atoms with van der Waals surface area (Å²) in [4.78, 5) is 14.0. The summed E-state index contributed by atoms with van der Waals surface area (Å²) in [6, 6.07) is 2.04. The van der Waals surface area contributed by atoms with Crippen LogP contribution in [0.2, 0.25) is 0 Å². The van der Waals surface area contributed by atoms with Crippen LogP contribution in [-0.4, -0.2) is 45.4 Å². The lowest BCUT2D eigenvalue weighted by Gasteiger charge is -2.35. The predicted molar refractivity (Wildman–Crippen MR) is 83.9 cm³/mol. The first kappa shape index (κ1) is 17.8. The summed E-state index contributed by atoms with van der Waals surface area (Å²) in [5, 5.41) is 9.93. The van der Waals surface area contributed by atoms with Crippen LogP contribution in [0.4, 0.5) is 23.8 Å². The molecular formula is C16H21F3N4O2. The Labute approximate surface area is 143 Å². The number of hydrogen-bond acceptors (Lipinski definition) is 5. The summed E-state index contributed by atoms with van der Waals surface area (Å²) >= 11 is 0. The van der Waals surface area contributed by atoms with Crippen molar-refractivity contribution in [3.63, 3.8) is 0 Å². The normalized spacial score (nSPS) is 26.0. The molecule has 3 atom stereocenters. The summed E-state index contributed by atoms with van der Waals surface area (Å²) in [5.41, 5.74) is -1.60. The van der Waals surface area contributed by atoms with Gasteiger partial charge >= 0.3 is 12.3 Å². The highest BCUT2D eigenvalue weighted by atomic mass is 19.4. The second kappa shape index (κ2) is 6.03. The first-order chi connectivity index (χ1) is 11.5. The van der Waals surface area contributed by atoms with Gasteiger partial charge < -0.3 is 15.0 Å². The third-order valence-corrected chi connectivity index (χ3v) is 4.40. The SMILES string of the molecule is CC(C)(C)OC(=O)N1CC2CC(Nc3ccc(C(F)(F)F)nn3)C1C2.